The summed E-state index contributed by atoms with van der Waals surface area (Å²) in [6.07, 6.45) is 1.85. The summed E-state index contributed by atoms with van der Waals surface area (Å²) in [5, 5.41) is 0. The van der Waals surface area contributed by atoms with Crippen LogP contribution >= 0.6 is 0 Å². The molecular weight excluding hydrogens is 284 g/mol. The third kappa shape index (κ3) is 3.34. The van der Waals surface area contributed by atoms with Crippen molar-refractivity contribution in [3.05, 3.63) is 23.8 Å². The van der Waals surface area contributed by atoms with E-state index < -0.39 is 11.4 Å². The van der Waals surface area contributed by atoms with E-state index in [0.29, 0.717) is 31.1 Å². The first-order chi connectivity index (χ1) is 10.5. The van der Waals surface area contributed by atoms with Gasteiger partial charge in [-0.1, -0.05) is 6.07 Å². The third-order valence-corrected chi connectivity index (χ3v) is 4.35. The Kier molecular flexibility index (Phi) is 5.26. The average molecular weight is 308 g/mol. The predicted molar refractivity (Wildman–Crippen MR) is 82.9 cm³/mol. The smallest absolute Gasteiger partial charge is 0.238 e. The molecule has 1 aliphatic rings. The average Bonchev–Trinajstić information content (AvgIpc) is 2.55. The number of primary amides is 1. The number of ether oxygens (including phenoxy) is 3. The summed E-state index contributed by atoms with van der Waals surface area (Å²) in [5.74, 6) is 0.791. The van der Waals surface area contributed by atoms with Crippen molar-refractivity contribution in [1.82, 2.24) is 0 Å². The standard InChI is InChI=1S/C16H24N2O4/c1-20-13-4-3-11(9-14(13)21-2)10-16(18,15(17)19)12-5-7-22-8-6-12/h3-4,9,12H,5-8,10,18H2,1-2H3,(H2,17,19)/t16-/m0/s1. The fourth-order valence-corrected chi connectivity index (χ4v) is 2.97. The van der Waals surface area contributed by atoms with Crippen molar-refractivity contribution in [2.24, 2.45) is 17.4 Å². The van der Waals surface area contributed by atoms with Crippen molar-refractivity contribution < 1.29 is 19.0 Å². The van der Waals surface area contributed by atoms with Crippen LogP contribution in [0.4, 0.5) is 0 Å². The number of carbonyl (C=O) groups is 1. The van der Waals surface area contributed by atoms with Crippen LogP contribution < -0.4 is 20.9 Å². The summed E-state index contributed by atoms with van der Waals surface area (Å²) in [5.41, 5.74) is 11.8. The third-order valence-electron chi connectivity index (χ3n) is 4.35. The van der Waals surface area contributed by atoms with Crippen molar-refractivity contribution in [3.8, 4) is 11.5 Å². The minimum atomic E-state index is -1.08. The van der Waals surface area contributed by atoms with E-state index in [0.717, 1.165) is 18.4 Å². The second-order valence-electron chi connectivity index (χ2n) is 5.66. The van der Waals surface area contributed by atoms with E-state index in [1.54, 1.807) is 20.3 Å². The Morgan fingerprint density at radius 1 is 1.27 bits per heavy atom. The Morgan fingerprint density at radius 2 is 1.91 bits per heavy atom. The summed E-state index contributed by atoms with van der Waals surface area (Å²) in [6, 6.07) is 5.52. The first-order valence-corrected chi connectivity index (χ1v) is 7.38. The number of hydrogen-bond acceptors (Lipinski definition) is 5. The van der Waals surface area contributed by atoms with E-state index in [4.69, 9.17) is 25.7 Å². The fourth-order valence-electron chi connectivity index (χ4n) is 2.97. The molecule has 2 rings (SSSR count). The van der Waals surface area contributed by atoms with E-state index in [9.17, 15) is 4.79 Å². The van der Waals surface area contributed by atoms with Gasteiger partial charge in [0.2, 0.25) is 5.91 Å². The molecule has 0 aromatic heterocycles. The van der Waals surface area contributed by atoms with Crippen LogP contribution in [0.15, 0.2) is 18.2 Å². The van der Waals surface area contributed by atoms with Gasteiger partial charge >= 0.3 is 0 Å². The number of methoxy groups -OCH3 is 2. The van der Waals surface area contributed by atoms with Crippen molar-refractivity contribution in [2.45, 2.75) is 24.8 Å². The van der Waals surface area contributed by atoms with Gasteiger partial charge in [-0.05, 0) is 42.9 Å². The zero-order chi connectivity index (χ0) is 16.2. The molecule has 0 bridgehead atoms. The number of amides is 1. The van der Waals surface area contributed by atoms with Crippen LogP contribution in [0, 0.1) is 5.92 Å². The molecule has 6 heteroatoms. The van der Waals surface area contributed by atoms with Crippen molar-refractivity contribution in [1.29, 1.82) is 0 Å². The zero-order valence-corrected chi connectivity index (χ0v) is 13.1. The monoisotopic (exact) mass is 308 g/mol. The molecule has 1 fully saturated rings. The number of benzene rings is 1. The molecule has 1 heterocycles. The van der Waals surface area contributed by atoms with Crippen molar-refractivity contribution in [2.75, 3.05) is 27.4 Å². The molecule has 1 aromatic carbocycles. The van der Waals surface area contributed by atoms with Gasteiger partial charge in [0, 0.05) is 13.2 Å². The molecule has 4 N–H and O–H groups in total. The topological polar surface area (TPSA) is 96.8 Å². The van der Waals surface area contributed by atoms with E-state index in [1.807, 2.05) is 12.1 Å². The quantitative estimate of drug-likeness (QED) is 0.812. The number of rotatable bonds is 6. The molecule has 0 saturated carbocycles. The van der Waals surface area contributed by atoms with Gasteiger partial charge in [-0.3, -0.25) is 4.79 Å². The number of carbonyl (C=O) groups excluding carboxylic acids is 1. The van der Waals surface area contributed by atoms with Gasteiger partial charge in [-0.25, -0.2) is 0 Å². The Morgan fingerprint density at radius 3 is 2.45 bits per heavy atom. The van der Waals surface area contributed by atoms with Gasteiger partial charge in [0.05, 0.1) is 14.2 Å². The van der Waals surface area contributed by atoms with Crippen LogP contribution in [0.25, 0.3) is 0 Å². The second-order valence-corrected chi connectivity index (χ2v) is 5.66. The molecule has 0 radical (unpaired) electrons. The fraction of sp³-hybridized carbons (Fsp3) is 0.562. The first kappa shape index (κ1) is 16.6. The molecule has 122 valence electrons. The summed E-state index contributed by atoms with van der Waals surface area (Å²) in [6.45, 7) is 1.23. The highest BCUT2D eigenvalue weighted by Gasteiger charge is 2.41. The van der Waals surface area contributed by atoms with Crippen LogP contribution in [0.1, 0.15) is 18.4 Å². The van der Waals surface area contributed by atoms with Crippen LogP contribution in [0.5, 0.6) is 11.5 Å². The molecular formula is C16H24N2O4. The molecule has 1 atom stereocenters. The van der Waals surface area contributed by atoms with Crippen LogP contribution in [-0.4, -0.2) is 38.9 Å². The van der Waals surface area contributed by atoms with E-state index >= 15 is 0 Å². The maximum Gasteiger partial charge on any atom is 0.238 e. The highest BCUT2D eigenvalue weighted by atomic mass is 16.5. The second kappa shape index (κ2) is 6.98. The first-order valence-electron chi connectivity index (χ1n) is 7.38. The van der Waals surface area contributed by atoms with Crippen LogP contribution in [0.2, 0.25) is 0 Å². The molecule has 22 heavy (non-hydrogen) atoms. The lowest BCUT2D eigenvalue weighted by Gasteiger charge is -2.37. The number of hydrogen-bond donors (Lipinski definition) is 2. The van der Waals surface area contributed by atoms with E-state index in [2.05, 4.69) is 0 Å². The van der Waals surface area contributed by atoms with Gasteiger partial charge < -0.3 is 25.7 Å². The molecule has 0 unspecified atom stereocenters. The van der Waals surface area contributed by atoms with Crippen LogP contribution in [-0.2, 0) is 16.0 Å². The minimum Gasteiger partial charge on any atom is -0.493 e. The largest absolute Gasteiger partial charge is 0.493 e. The van der Waals surface area contributed by atoms with Crippen LogP contribution in [0.3, 0.4) is 0 Å². The molecule has 1 saturated heterocycles. The summed E-state index contributed by atoms with van der Waals surface area (Å²) in [4.78, 5) is 12.0. The highest BCUT2D eigenvalue weighted by molar-refractivity contribution is 5.85. The Bertz CT molecular complexity index is 529. The lowest BCUT2D eigenvalue weighted by molar-refractivity contribution is -0.126. The lowest BCUT2D eigenvalue weighted by atomic mass is 9.75. The van der Waals surface area contributed by atoms with E-state index in [1.165, 1.54) is 0 Å². The minimum absolute atomic E-state index is 0.0202. The predicted octanol–water partition coefficient (Wildman–Crippen LogP) is 0.856. The molecule has 1 aliphatic heterocycles. The molecule has 1 amide bonds. The van der Waals surface area contributed by atoms with Gasteiger partial charge in [0.1, 0.15) is 5.54 Å². The summed E-state index contributed by atoms with van der Waals surface area (Å²) in [7, 11) is 3.15. The van der Waals surface area contributed by atoms with Gasteiger partial charge in [-0.2, -0.15) is 0 Å². The zero-order valence-electron chi connectivity index (χ0n) is 13.1. The van der Waals surface area contributed by atoms with Gasteiger partial charge in [-0.15, -0.1) is 0 Å². The Hall–Kier alpha value is -1.79. The highest BCUT2D eigenvalue weighted by Crippen LogP contribution is 2.32. The van der Waals surface area contributed by atoms with Crippen molar-refractivity contribution in [3.63, 3.8) is 0 Å². The molecule has 1 aromatic rings. The molecule has 0 aliphatic carbocycles. The Balaban J connectivity index is 2.25. The van der Waals surface area contributed by atoms with Crippen molar-refractivity contribution >= 4 is 5.91 Å². The lowest BCUT2D eigenvalue weighted by Crippen LogP contribution is -2.60. The SMILES string of the molecule is COc1ccc(C[C@@](N)(C(N)=O)C2CCOCC2)cc1OC. The van der Waals surface area contributed by atoms with E-state index in [-0.39, 0.29) is 5.92 Å². The Labute approximate surface area is 130 Å². The summed E-state index contributed by atoms with van der Waals surface area (Å²) < 4.78 is 15.9. The number of nitrogens with two attached hydrogens (primary N) is 2. The summed E-state index contributed by atoms with van der Waals surface area (Å²) >= 11 is 0. The van der Waals surface area contributed by atoms with Gasteiger partial charge in [0.15, 0.2) is 11.5 Å². The normalized spacial score (nSPS) is 18.5. The maximum absolute atomic E-state index is 12.0. The molecule has 6 nitrogen and oxygen atoms in total. The maximum atomic E-state index is 12.0. The molecule has 0 spiro atoms. The van der Waals surface area contributed by atoms with Gasteiger partial charge in [0.25, 0.3) is 0 Å².